The molecule has 1 N–H and O–H groups in total. The molecule has 0 aliphatic heterocycles. The van der Waals surface area contributed by atoms with Gasteiger partial charge in [-0.3, -0.25) is 4.79 Å². The Morgan fingerprint density at radius 3 is 2.50 bits per heavy atom. The quantitative estimate of drug-likeness (QED) is 0.685. The molecule has 2 rings (SSSR count). The first-order valence-corrected chi connectivity index (χ1v) is 8.46. The lowest BCUT2D eigenvalue weighted by atomic mass is 10.1. The Bertz CT molecular complexity index is 822. The van der Waals surface area contributed by atoms with Crippen molar-refractivity contribution in [1.29, 1.82) is 0 Å². The van der Waals surface area contributed by atoms with Crippen molar-refractivity contribution in [2.75, 3.05) is 19.0 Å². The summed E-state index contributed by atoms with van der Waals surface area (Å²) >= 11 is 3.30. The molecule has 0 bridgehead atoms. The Kier molecular flexibility index (Phi) is 6.17. The van der Waals surface area contributed by atoms with E-state index in [9.17, 15) is 18.0 Å². The number of nitrogens with one attached hydrogen (secondary N) is 1. The summed E-state index contributed by atoms with van der Waals surface area (Å²) in [5.41, 5.74) is -0.435. The molecule has 140 valence electrons. The smallest absolute Gasteiger partial charge is 0.416 e. The largest absolute Gasteiger partial charge is 0.492 e. The first kappa shape index (κ1) is 20.1. The number of benzene rings is 2. The lowest BCUT2D eigenvalue weighted by Crippen LogP contribution is -2.14. The van der Waals surface area contributed by atoms with E-state index < -0.39 is 17.6 Å². The predicted molar refractivity (Wildman–Crippen MR) is 96.0 cm³/mol. The normalized spacial score (nSPS) is 11.2. The molecule has 2 aromatic carbocycles. The maximum Gasteiger partial charge on any atom is 0.416 e. The summed E-state index contributed by atoms with van der Waals surface area (Å²) in [5, 5.41) is 2.48. The third kappa shape index (κ3) is 4.49. The number of carbonyl (C=O) groups excluding carboxylic acids is 1. The fourth-order valence-electron chi connectivity index (χ4n) is 2.37. The highest BCUT2D eigenvalue weighted by Gasteiger charge is 2.32. The highest BCUT2D eigenvalue weighted by molar-refractivity contribution is 9.10. The molecule has 26 heavy (non-hydrogen) atoms. The van der Waals surface area contributed by atoms with Crippen LogP contribution in [0.25, 0.3) is 0 Å². The molecule has 0 atom stereocenters. The second kappa shape index (κ2) is 7.99. The summed E-state index contributed by atoms with van der Waals surface area (Å²) in [6.07, 6.45) is -4.49. The van der Waals surface area contributed by atoms with E-state index in [1.54, 1.807) is 6.92 Å². The van der Waals surface area contributed by atoms with Crippen LogP contribution in [0.4, 0.5) is 18.9 Å². The van der Waals surface area contributed by atoms with Crippen molar-refractivity contribution in [1.82, 2.24) is 0 Å². The van der Waals surface area contributed by atoms with E-state index in [1.165, 1.54) is 38.3 Å². The Labute approximate surface area is 157 Å². The Morgan fingerprint density at radius 2 is 1.92 bits per heavy atom. The van der Waals surface area contributed by atoms with Gasteiger partial charge in [-0.15, -0.1) is 0 Å². The Balaban J connectivity index is 2.33. The topological polar surface area (TPSA) is 47.6 Å². The number of alkyl halides is 3. The minimum Gasteiger partial charge on any atom is -0.492 e. The molecule has 0 fully saturated rings. The van der Waals surface area contributed by atoms with Crippen molar-refractivity contribution in [3.05, 3.63) is 51.5 Å². The zero-order valence-corrected chi connectivity index (χ0v) is 15.9. The van der Waals surface area contributed by atoms with Crippen molar-refractivity contribution >= 4 is 27.5 Å². The van der Waals surface area contributed by atoms with Crippen LogP contribution in [0.1, 0.15) is 28.4 Å². The van der Waals surface area contributed by atoms with Crippen LogP contribution in [-0.2, 0) is 6.18 Å². The van der Waals surface area contributed by atoms with E-state index in [1.807, 2.05) is 0 Å². The molecule has 0 radical (unpaired) electrons. The van der Waals surface area contributed by atoms with Crippen LogP contribution in [0.5, 0.6) is 11.5 Å². The number of carbonyl (C=O) groups is 1. The van der Waals surface area contributed by atoms with Gasteiger partial charge >= 0.3 is 6.18 Å². The van der Waals surface area contributed by atoms with Gasteiger partial charge in [0.05, 0.1) is 23.8 Å². The molecule has 1 amide bonds. The number of hydrogen-bond donors (Lipinski definition) is 1. The summed E-state index contributed by atoms with van der Waals surface area (Å²) < 4.78 is 50.2. The molecule has 0 spiro atoms. The van der Waals surface area contributed by atoms with E-state index in [4.69, 9.17) is 9.47 Å². The van der Waals surface area contributed by atoms with Crippen LogP contribution < -0.4 is 14.8 Å². The summed E-state index contributed by atoms with van der Waals surface area (Å²) in [7, 11) is 1.47. The number of ether oxygens (including phenoxy) is 2. The van der Waals surface area contributed by atoms with Gasteiger partial charge in [0, 0.05) is 11.3 Å². The van der Waals surface area contributed by atoms with E-state index in [2.05, 4.69) is 21.2 Å². The van der Waals surface area contributed by atoms with E-state index in [0.29, 0.717) is 22.6 Å². The molecule has 0 saturated carbocycles. The third-order valence-electron chi connectivity index (χ3n) is 3.58. The second-order valence-electron chi connectivity index (χ2n) is 5.40. The van der Waals surface area contributed by atoms with Gasteiger partial charge < -0.3 is 14.8 Å². The van der Waals surface area contributed by atoms with Crippen LogP contribution in [0.3, 0.4) is 0 Å². The first-order valence-electron chi connectivity index (χ1n) is 7.67. The number of amides is 1. The van der Waals surface area contributed by atoms with Gasteiger partial charge in [0.2, 0.25) is 0 Å². The summed E-state index contributed by atoms with van der Waals surface area (Å²) in [6, 6.07) is 6.63. The molecule has 0 unspecified atom stereocenters. The number of hydrogen-bond acceptors (Lipinski definition) is 3. The van der Waals surface area contributed by atoms with Gasteiger partial charge in [0.25, 0.3) is 5.91 Å². The summed E-state index contributed by atoms with van der Waals surface area (Å²) in [4.78, 5) is 12.5. The van der Waals surface area contributed by atoms with Crippen LogP contribution in [0.2, 0.25) is 0 Å². The fraction of sp³-hybridized carbons (Fsp3) is 0.278. The van der Waals surface area contributed by atoms with Crippen LogP contribution in [0.15, 0.2) is 34.8 Å². The molecule has 4 nitrogen and oxygen atoms in total. The van der Waals surface area contributed by atoms with Gasteiger partial charge in [-0.2, -0.15) is 13.2 Å². The Hall–Kier alpha value is -2.22. The van der Waals surface area contributed by atoms with E-state index >= 15 is 0 Å². The number of aryl methyl sites for hydroxylation is 1. The first-order chi connectivity index (χ1) is 12.2. The molecule has 0 aliphatic rings. The molecule has 0 aromatic heterocycles. The van der Waals surface area contributed by atoms with Crippen molar-refractivity contribution in [2.45, 2.75) is 20.0 Å². The van der Waals surface area contributed by atoms with Gasteiger partial charge in [0.15, 0.2) is 11.5 Å². The summed E-state index contributed by atoms with van der Waals surface area (Å²) in [6.45, 7) is 3.51. The van der Waals surface area contributed by atoms with Crippen molar-refractivity contribution in [3.63, 3.8) is 0 Å². The number of methoxy groups -OCH3 is 1. The average molecular weight is 432 g/mol. The molecular formula is C18H17BrF3NO3. The number of anilines is 1. The summed E-state index contributed by atoms with van der Waals surface area (Å²) in [5.74, 6) is 0.221. The highest BCUT2D eigenvalue weighted by Crippen LogP contribution is 2.37. The predicted octanol–water partition coefficient (Wildman–Crippen LogP) is 5.44. The highest BCUT2D eigenvalue weighted by atomic mass is 79.9. The molecule has 0 heterocycles. The number of halogens is 4. The van der Waals surface area contributed by atoms with Gasteiger partial charge in [-0.05, 0) is 59.6 Å². The maximum atomic E-state index is 13.0. The van der Waals surface area contributed by atoms with E-state index in [0.717, 1.165) is 6.07 Å². The lowest BCUT2D eigenvalue weighted by molar-refractivity contribution is -0.138. The minimum atomic E-state index is -4.49. The van der Waals surface area contributed by atoms with E-state index in [-0.39, 0.29) is 16.8 Å². The monoisotopic (exact) mass is 431 g/mol. The number of rotatable bonds is 5. The minimum absolute atomic E-state index is 0.0535. The average Bonchev–Trinajstić information content (AvgIpc) is 2.55. The molecule has 0 saturated heterocycles. The van der Waals surface area contributed by atoms with Crippen molar-refractivity contribution in [3.8, 4) is 11.5 Å². The molecule has 2 aromatic rings. The van der Waals surface area contributed by atoms with Crippen molar-refractivity contribution in [2.24, 2.45) is 0 Å². The standard InChI is InChI=1S/C18H17BrF3NO3/c1-4-26-15-8-11(7-14(19)16(15)25-3)17(24)23-12-6-5-10(2)13(9-12)18(20,21)22/h5-9H,4H2,1-3H3,(H,23,24). The zero-order valence-electron chi connectivity index (χ0n) is 14.3. The van der Waals surface area contributed by atoms with Gasteiger partial charge in [-0.25, -0.2) is 0 Å². The molecular weight excluding hydrogens is 415 g/mol. The third-order valence-corrected chi connectivity index (χ3v) is 4.17. The second-order valence-corrected chi connectivity index (χ2v) is 6.26. The fourth-order valence-corrected chi connectivity index (χ4v) is 2.97. The van der Waals surface area contributed by atoms with Gasteiger partial charge in [-0.1, -0.05) is 6.07 Å². The zero-order chi connectivity index (χ0) is 19.5. The van der Waals surface area contributed by atoms with Crippen LogP contribution >= 0.6 is 15.9 Å². The van der Waals surface area contributed by atoms with Gasteiger partial charge in [0.1, 0.15) is 0 Å². The Morgan fingerprint density at radius 1 is 1.23 bits per heavy atom. The SMILES string of the molecule is CCOc1cc(C(=O)Nc2ccc(C)c(C(F)(F)F)c2)cc(Br)c1OC. The van der Waals surface area contributed by atoms with Crippen LogP contribution in [-0.4, -0.2) is 19.6 Å². The maximum absolute atomic E-state index is 13.0. The lowest BCUT2D eigenvalue weighted by Gasteiger charge is -2.15. The molecule has 8 heteroatoms. The molecule has 0 aliphatic carbocycles. The van der Waals surface area contributed by atoms with Crippen molar-refractivity contribution < 1.29 is 27.4 Å². The van der Waals surface area contributed by atoms with Crippen LogP contribution in [0, 0.1) is 6.92 Å².